The van der Waals surface area contributed by atoms with Gasteiger partial charge in [0.1, 0.15) is 12.4 Å². The third-order valence-electron chi connectivity index (χ3n) is 5.69. The van der Waals surface area contributed by atoms with Crippen molar-refractivity contribution < 1.29 is 19.4 Å². The average Bonchev–Trinajstić information content (AvgIpc) is 3.06. The van der Waals surface area contributed by atoms with Crippen molar-refractivity contribution in [2.45, 2.75) is 38.5 Å². The highest BCUT2D eigenvalue weighted by atomic mass is 16.5. The zero-order valence-corrected chi connectivity index (χ0v) is 15.5. The predicted molar refractivity (Wildman–Crippen MR) is 101 cm³/mol. The number of carbonyl (C=O) groups is 2. The first-order valence-corrected chi connectivity index (χ1v) is 9.56. The Morgan fingerprint density at radius 3 is 2.64 bits per heavy atom. The third-order valence-corrected chi connectivity index (χ3v) is 5.69. The minimum absolute atomic E-state index is 0.00630. The summed E-state index contributed by atoms with van der Waals surface area (Å²) in [7, 11) is 0. The number of hydroxylamine groups is 2. The predicted octanol–water partition coefficient (Wildman–Crippen LogP) is 1.86. The smallest absolute Gasteiger partial charge is 0.230 e. The highest BCUT2D eigenvalue weighted by Crippen LogP contribution is 2.36. The maximum absolute atomic E-state index is 12.9. The molecular weight excluding hydrogens is 360 g/mol. The standard InChI is InChI=1S/C21H23N2O5/c24-12-14-4-6-15(7-5-14)13-28-19-3-1-2-17-18(19)11-22(21(17)26)16-8-9-20(25)23(27)10-16/h1,3-7,16-17,24H,2,8-13H2/q-1. The topological polar surface area (TPSA) is 93.1 Å². The maximum Gasteiger partial charge on any atom is 0.230 e. The fourth-order valence-electron chi connectivity index (χ4n) is 4.04. The Bertz CT molecular complexity index is 830. The zero-order chi connectivity index (χ0) is 19.7. The van der Waals surface area contributed by atoms with Crippen LogP contribution in [0.3, 0.4) is 0 Å². The van der Waals surface area contributed by atoms with Gasteiger partial charge in [-0.3, -0.25) is 9.59 Å². The summed E-state index contributed by atoms with van der Waals surface area (Å²) >= 11 is 0. The van der Waals surface area contributed by atoms with Crippen LogP contribution in [0.2, 0.25) is 0 Å². The van der Waals surface area contributed by atoms with Crippen molar-refractivity contribution in [2.75, 3.05) is 13.1 Å². The number of likely N-dealkylation sites (tertiary alicyclic amines) is 1. The molecule has 1 aromatic carbocycles. The Morgan fingerprint density at radius 1 is 1.18 bits per heavy atom. The number of hydrogen-bond donors (Lipinski definition) is 1. The van der Waals surface area contributed by atoms with E-state index >= 15 is 0 Å². The molecule has 0 radical (unpaired) electrons. The summed E-state index contributed by atoms with van der Waals surface area (Å²) in [6, 6.07) is 7.31. The Morgan fingerprint density at radius 2 is 1.93 bits per heavy atom. The second-order valence-electron chi connectivity index (χ2n) is 7.46. The fraction of sp³-hybridized carbons (Fsp3) is 0.429. The molecule has 0 saturated carbocycles. The van der Waals surface area contributed by atoms with Crippen LogP contribution in [0.1, 0.15) is 30.4 Å². The van der Waals surface area contributed by atoms with E-state index in [0.717, 1.165) is 16.7 Å². The van der Waals surface area contributed by atoms with Crippen LogP contribution in [-0.2, 0) is 27.5 Å². The number of ether oxygens (including phenoxy) is 1. The lowest BCUT2D eigenvalue weighted by Gasteiger charge is -2.40. The van der Waals surface area contributed by atoms with E-state index in [1.54, 1.807) is 4.90 Å². The minimum Gasteiger partial charge on any atom is -0.756 e. The molecule has 1 N–H and O–H groups in total. The molecule has 2 atom stereocenters. The largest absolute Gasteiger partial charge is 0.756 e. The molecule has 2 fully saturated rings. The van der Waals surface area contributed by atoms with Gasteiger partial charge in [0.2, 0.25) is 11.8 Å². The van der Waals surface area contributed by atoms with Crippen LogP contribution in [0, 0.1) is 11.1 Å². The molecule has 28 heavy (non-hydrogen) atoms. The molecule has 2 aliphatic heterocycles. The van der Waals surface area contributed by atoms with Crippen LogP contribution >= 0.6 is 0 Å². The van der Waals surface area contributed by atoms with Gasteiger partial charge in [0.05, 0.1) is 12.5 Å². The molecule has 0 aromatic heterocycles. The van der Waals surface area contributed by atoms with Crippen LogP contribution in [-0.4, -0.2) is 46.0 Å². The second-order valence-corrected chi connectivity index (χ2v) is 7.46. The molecule has 7 nitrogen and oxygen atoms in total. The van der Waals surface area contributed by atoms with Crippen molar-refractivity contribution in [3.63, 3.8) is 0 Å². The van der Waals surface area contributed by atoms with Crippen molar-refractivity contribution in [2.24, 2.45) is 5.92 Å². The number of piperidine rings is 1. The zero-order valence-electron chi connectivity index (χ0n) is 15.5. The number of aliphatic hydroxyl groups excluding tert-OH is 1. The Labute approximate surface area is 163 Å². The minimum atomic E-state index is -0.405. The summed E-state index contributed by atoms with van der Waals surface area (Å²) in [4.78, 5) is 26.1. The molecule has 2 amide bonds. The quantitative estimate of drug-likeness (QED) is 0.838. The fourth-order valence-corrected chi connectivity index (χ4v) is 4.04. The number of aliphatic hydroxyl groups is 1. The van der Waals surface area contributed by atoms with E-state index in [2.05, 4.69) is 0 Å². The van der Waals surface area contributed by atoms with E-state index in [1.165, 1.54) is 0 Å². The van der Waals surface area contributed by atoms with Crippen molar-refractivity contribution in [1.82, 2.24) is 9.96 Å². The van der Waals surface area contributed by atoms with Gasteiger partial charge in [-0.05, 0) is 30.0 Å². The summed E-state index contributed by atoms with van der Waals surface area (Å²) < 4.78 is 6.00. The molecule has 2 heterocycles. The molecule has 1 aliphatic carbocycles. The summed E-state index contributed by atoms with van der Waals surface area (Å²) in [5.41, 5.74) is 2.78. The number of hydrogen-bond acceptors (Lipinski definition) is 5. The van der Waals surface area contributed by atoms with Crippen LogP contribution in [0.15, 0.2) is 47.7 Å². The van der Waals surface area contributed by atoms with Gasteiger partial charge in [-0.2, -0.15) is 0 Å². The molecule has 4 rings (SSSR count). The van der Waals surface area contributed by atoms with Gasteiger partial charge in [-0.15, -0.1) is 0 Å². The Balaban J connectivity index is 1.47. The van der Waals surface area contributed by atoms with Crippen LogP contribution in [0.4, 0.5) is 0 Å². The molecule has 7 heteroatoms. The number of rotatable bonds is 5. The molecule has 3 aliphatic rings. The maximum atomic E-state index is 12.9. The summed E-state index contributed by atoms with van der Waals surface area (Å²) in [5.74, 6) is 0.0802. The molecule has 1 aromatic rings. The lowest BCUT2D eigenvalue weighted by atomic mass is 9.93. The van der Waals surface area contributed by atoms with Gasteiger partial charge < -0.3 is 25.0 Å². The number of nitrogens with zero attached hydrogens (tertiary/aromatic N) is 2. The first-order chi connectivity index (χ1) is 13.6. The lowest BCUT2D eigenvalue weighted by molar-refractivity contribution is -0.139. The normalized spacial score (nSPS) is 24.8. The number of benzene rings is 1. The van der Waals surface area contributed by atoms with Crippen molar-refractivity contribution >= 4 is 11.8 Å². The summed E-state index contributed by atoms with van der Waals surface area (Å²) in [6.07, 6.45) is 5.21. The molecular formula is C21H23N2O5-. The summed E-state index contributed by atoms with van der Waals surface area (Å²) in [5, 5.41) is 21.3. The summed E-state index contributed by atoms with van der Waals surface area (Å²) in [6.45, 7) is 0.874. The van der Waals surface area contributed by atoms with Crippen LogP contribution < -0.4 is 0 Å². The van der Waals surface area contributed by atoms with E-state index in [0.29, 0.717) is 36.8 Å². The first-order valence-electron chi connectivity index (χ1n) is 9.56. The number of carbonyl (C=O) groups excluding carboxylic acids is 2. The third kappa shape index (κ3) is 3.55. The Hall–Kier alpha value is -2.64. The van der Waals surface area contributed by atoms with Crippen molar-refractivity contribution in [1.29, 1.82) is 0 Å². The van der Waals surface area contributed by atoms with Gasteiger partial charge in [0, 0.05) is 31.1 Å². The van der Waals surface area contributed by atoms with Crippen LogP contribution in [0.5, 0.6) is 0 Å². The average molecular weight is 383 g/mol. The van der Waals surface area contributed by atoms with E-state index in [9.17, 15) is 14.8 Å². The SMILES string of the molecule is O=C1CCC(N2CC3=C(OCc4ccc(CO)cc4)C=CCC3C2=O)CN1[O-]. The van der Waals surface area contributed by atoms with Crippen molar-refractivity contribution in [3.8, 4) is 0 Å². The number of amides is 2. The molecule has 0 spiro atoms. The molecule has 0 bridgehead atoms. The van der Waals surface area contributed by atoms with E-state index in [1.807, 2.05) is 36.4 Å². The number of allylic oxidation sites excluding steroid dienone is 2. The van der Waals surface area contributed by atoms with Gasteiger partial charge in [0.25, 0.3) is 0 Å². The van der Waals surface area contributed by atoms with Gasteiger partial charge in [-0.1, -0.05) is 30.3 Å². The second kappa shape index (κ2) is 7.77. The van der Waals surface area contributed by atoms with E-state index < -0.39 is 5.91 Å². The molecule has 2 unspecified atom stereocenters. The molecule has 148 valence electrons. The number of fused-ring (bicyclic) bond motifs is 1. The Kier molecular flexibility index (Phi) is 5.19. The van der Waals surface area contributed by atoms with Gasteiger partial charge >= 0.3 is 0 Å². The molecule has 2 saturated heterocycles. The van der Waals surface area contributed by atoms with Gasteiger partial charge in [0.15, 0.2) is 0 Å². The lowest BCUT2D eigenvalue weighted by Crippen LogP contribution is -2.49. The van der Waals surface area contributed by atoms with E-state index in [4.69, 9.17) is 9.84 Å². The first kappa shape index (κ1) is 18.7. The highest BCUT2D eigenvalue weighted by molar-refractivity contribution is 5.87. The monoisotopic (exact) mass is 383 g/mol. The van der Waals surface area contributed by atoms with Crippen molar-refractivity contribution in [3.05, 3.63) is 64.1 Å². The van der Waals surface area contributed by atoms with Crippen LogP contribution in [0.25, 0.3) is 0 Å². The highest BCUT2D eigenvalue weighted by Gasteiger charge is 2.42. The van der Waals surface area contributed by atoms with Gasteiger partial charge in [-0.25, -0.2) is 0 Å². The van der Waals surface area contributed by atoms with E-state index in [-0.39, 0.29) is 37.4 Å².